The Bertz CT molecular complexity index is 386. The van der Waals surface area contributed by atoms with Crippen LogP contribution in [-0.2, 0) is 9.59 Å². The van der Waals surface area contributed by atoms with Gasteiger partial charge in [0.05, 0.1) is 32.5 Å². The molecule has 0 radical (unpaired) electrons. The average Bonchev–Trinajstić information content (AvgIpc) is 2.97. The van der Waals surface area contributed by atoms with Gasteiger partial charge in [0.15, 0.2) is 0 Å². The van der Waals surface area contributed by atoms with E-state index in [2.05, 4.69) is 26.2 Å². The summed E-state index contributed by atoms with van der Waals surface area (Å²) in [6, 6.07) is 0. The van der Waals surface area contributed by atoms with Crippen molar-refractivity contribution in [1.29, 1.82) is 0 Å². The Hall–Kier alpha value is -1.16. The van der Waals surface area contributed by atoms with Crippen molar-refractivity contribution < 1.29 is 14.5 Å². The molecule has 4 heteroatoms. The topological polar surface area (TPSA) is 41.8 Å². The molecule has 0 spiro atoms. The normalized spacial score (nSPS) is 37.2. The van der Waals surface area contributed by atoms with E-state index in [1.54, 1.807) is 0 Å². The van der Waals surface area contributed by atoms with E-state index in [4.69, 9.17) is 0 Å². The molecule has 0 aromatic rings. The fourth-order valence-electron chi connectivity index (χ4n) is 3.78. The van der Waals surface area contributed by atoms with E-state index in [1.165, 1.54) is 9.80 Å². The van der Waals surface area contributed by atoms with Gasteiger partial charge >= 0.3 is 0 Å². The van der Waals surface area contributed by atoms with Crippen LogP contribution in [0.4, 0.5) is 0 Å². The highest BCUT2D eigenvalue weighted by Gasteiger charge is 2.58. The van der Waals surface area contributed by atoms with Crippen LogP contribution in [0.15, 0.2) is 12.2 Å². The van der Waals surface area contributed by atoms with Crippen molar-refractivity contribution in [3.63, 3.8) is 0 Å². The van der Waals surface area contributed by atoms with Gasteiger partial charge in [-0.3, -0.25) is 14.5 Å². The number of quaternary nitrogens is 1. The second-order valence-corrected chi connectivity index (χ2v) is 6.14. The van der Waals surface area contributed by atoms with E-state index >= 15 is 0 Å². The van der Waals surface area contributed by atoms with E-state index in [-0.39, 0.29) is 23.7 Å². The number of imide groups is 1. The van der Waals surface area contributed by atoms with E-state index in [0.717, 1.165) is 19.4 Å². The van der Waals surface area contributed by atoms with E-state index < -0.39 is 0 Å². The first-order chi connectivity index (χ1) is 8.59. The molecule has 3 aliphatic rings. The zero-order chi connectivity index (χ0) is 12.9. The standard InChI is InChI=1S/C14H20N2O2/c1-15(2)6-3-7-16-13(17)11-9-4-5-10(8-9)12(11)14(16)18/h4-5,9-12H,3,6-8H2,1-2H3/p+1/t9-,10+,11-,12+. The highest BCUT2D eigenvalue weighted by Crippen LogP contribution is 2.52. The summed E-state index contributed by atoms with van der Waals surface area (Å²) in [6.45, 7) is 1.60. The fraction of sp³-hybridized carbons (Fsp3) is 0.714. The van der Waals surface area contributed by atoms with Crippen molar-refractivity contribution in [3.8, 4) is 0 Å². The Labute approximate surface area is 108 Å². The maximum absolute atomic E-state index is 12.3. The number of nitrogens with zero attached hydrogens (tertiary/aromatic N) is 1. The molecule has 4 atom stereocenters. The van der Waals surface area contributed by atoms with E-state index in [1.807, 2.05) is 0 Å². The van der Waals surface area contributed by atoms with Gasteiger partial charge in [-0.2, -0.15) is 0 Å². The Kier molecular flexibility index (Phi) is 2.77. The molecule has 2 fully saturated rings. The number of amides is 2. The van der Waals surface area contributed by atoms with Gasteiger partial charge in [0.25, 0.3) is 0 Å². The lowest BCUT2D eigenvalue weighted by molar-refractivity contribution is -0.858. The first-order valence-electron chi connectivity index (χ1n) is 6.92. The maximum Gasteiger partial charge on any atom is 0.233 e. The average molecular weight is 249 g/mol. The molecular weight excluding hydrogens is 228 g/mol. The molecular formula is C14H21N2O2+. The van der Waals surface area contributed by atoms with Crippen LogP contribution in [0.3, 0.4) is 0 Å². The number of rotatable bonds is 4. The zero-order valence-corrected chi connectivity index (χ0v) is 11.1. The van der Waals surface area contributed by atoms with Gasteiger partial charge < -0.3 is 4.90 Å². The number of fused-ring (bicyclic) bond motifs is 5. The Morgan fingerprint density at radius 1 is 1.17 bits per heavy atom. The summed E-state index contributed by atoms with van der Waals surface area (Å²) in [5.74, 6) is 0.798. The lowest BCUT2D eigenvalue weighted by Gasteiger charge is -2.17. The molecule has 1 aliphatic heterocycles. The molecule has 98 valence electrons. The summed E-state index contributed by atoms with van der Waals surface area (Å²) < 4.78 is 0. The van der Waals surface area contributed by atoms with Gasteiger partial charge in [-0.15, -0.1) is 0 Å². The molecule has 0 unspecified atom stereocenters. The summed E-state index contributed by atoms with van der Waals surface area (Å²) in [5.41, 5.74) is 0. The van der Waals surface area contributed by atoms with Gasteiger partial charge in [-0.1, -0.05) is 12.2 Å². The van der Waals surface area contributed by atoms with Crippen molar-refractivity contribution in [3.05, 3.63) is 12.2 Å². The smallest absolute Gasteiger partial charge is 0.233 e. The molecule has 1 saturated heterocycles. The summed E-state index contributed by atoms with van der Waals surface area (Å²) in [4.78, 5) is 27.5. The number of allylic oxidation sites excluding steroid dienone is 2. The third-order valence-electron chi connectivity index (χ3n) is 4.62. The van der Waals surface area contributed by atoms with Crippen LogP contribution in [0, 0.1) is 23.7 Å². The minimum atomic E-state index is -0.0285. The first-order valence-corrected chi connectivity index (χ1v) is 6.92. The third kappa shape index (κ3) is 1.62. The molecule has 3 rings (SSSR count). The number of carbonyl (C=O) groups is 2. The fourth-order valence-corrected chi connectivity index (χ4v) is 3.78. The monoisotopic (exact) mass is 249 g/mol. The molecule has 18 heavy (non-hydrogen) atoms. The molecule has 2 bridgehead atoms. The van der Waals surface area contributed by atoms with E-state index in [9.17, 15) is 9.59 Å². The third-order valence-corrected chi connectivity index (χ3v) is 4.62. The molecule has 0 aromatic carbocycles. The quantitative estimate of drug-likeness (QED) is 0.530. The van der Waals surface area contributed by atoms with Crippen LogP contribution < -0.4 is 4.90 Å². The van der Waals surface area contributed by atoms with Crippen molar-refractivity contribution in [2.75, 3.05) is 27.2 Å². The molecule has 0 aromatic heterocycles. The summed E-state index contributed by atoms with van der Waals surface area (Å²) in [5, 5.41) is 0. The Balaban J connectivity index is 1.68. The number of hydrogen-bond donors (Lipinski definition) is 1. The second kappa shape index (κ2) is 4.19. The maximum atomic E-state index is 12.3. The van der Waals surface area contributed by atoms with E-state index in [0.29, 0.717) is 18.4 Å². The van der Waals surface area contributed by atoms with Crippen molar-refractivity contribution in [2.45, 2.75) is 12.8 Å². The lowest BCUT2D eigenvalue weighted by atomic mass is 9.85. The van der Waals surface area contributed by atoms with Crippen LogP contribution in [0.25, 0.3) is 0 Å². The van der Waals surface area contributed by atoms with Crippen LogP contribution >= 0.6 is 0 Å². The number of carbonyl (C=O) groups excluding carboxylic acids is 2. The molecule has 1 N–H and O–H groups in total. The van der Waals surface area contributed by atoms with Crippen molar-refractivity contribution >= 4 is 11.8 Å². The minimum Gasteiger partial charge on any atom is -0.340 e. The SMILES string of the molecule is C[NH+](C)CCCN1C(=O)[C@@H]2[C@H](C1=O)[C@@H]1C=C[C@H]2C1. The van der Waals surface area contributed by atoms with Crippen LogP contribution in [-0.4, -0.2) is 43.9 Å². The van der Waals surface area contributed by atoms with Crippen LogP contribution in [0.5, 0.6) is 0 Å². The number of likely N-dealkylation sites (tertiary alicyclic amines) is 1. The van der Waals surface area contributed by atoms with Crippen LogP contribution in [0.1, 0.15) is 12.8 Å². The predicted octanol–water partition coefficient (Wildman–Crippen LogP) is -0.672. The molecule has 1 saturated carbocycles. The minimum absolute atomic E-state index is 0.0285. The van der Waals surface area contributed by atoms with Gasteiger partial charge in [0.2, 0.25) is 11.8 Å². The highest BCUT2D eigenvalue weighted by atomic mass is 16.2. The molecule has 1 heterocycles. The first kappa shape index (κ1) is 11.9. The lowest BCUT2D eigenvalue weighted by Crippen LogP contribution is -3.05. The number of hydrogen-bond acceptors (Lipinski definition) is 2. The largest absolute Gasteiger partial charge is 0.340 e. The van der Waals surface area contributed by atoms with Gasteiger partial charge in [0, 0.05) is 13.0 Å². The zero-order valence-electron chi connectivity index (χ0n) is 11.1. The second-order valence-electron chi connectivity index (χ2n) is 6.14. The van der Waals surface area contributed by atoms with Gasteiger partial charge in [-0.05, 0) is 18.3 Å². The van der Waals surface area contributed by atoms with Gasteiger partial charge in [-0.25, -0.2) is 0 Å². The van der Waals surface area contributed by atoms with Crippen molar-refractivity contribution in [1.82, 2.24) is 4.90 Å². The molecule has 2 aliphatic carbocycles. The highest BCUT2D eigenvalue weighted by molar-refractivity contribution is 6.06. The Morgan fingerprint density at radius 3 is 2.22 bits per heavy atom. The van der Waals surface area contributed by atoms with Crippen molar-refractivity contribution in [2.24, 2.45) is 23.7 Å². The number of nitrogens with one attached hydrogen (secondary N) is 1. The van der Waals surface area contributed by atoms with Gasteiger partial charge in [0.1, 0.15) is 0 Å². The molecule has 2 amide bonds. The van der Waals surface area contributed by atoms with Crippen LogP contribution in [0.2, 0.25) is 0 Å². The summed E-state index contributed by atoms with van der Waals surface area (Å²) in [7, 11) is 4.18. The molecule has 4 nitrogen and oxygen atoms in total. The summed E-state index contributed by atoms with van der Waals surface area (Å²) in [6.07, 6.45) is 6.21. The Morgan fingerprint density at radius 2 is 1.72 bits per heavy atom. The summed E-state index contributed by atoms with van der Waals surface area (Å²) >= 11 is 0. The predicted molar refractivity (Wildman–Crippen MR) is 66.7 cm³/mol.